The number of carbonyl (C=O) groups is 2. The van der Waals surface area contributed by atoms with E-state index in [0.717, 1.165) is 29.1 Å². The van der Waals surface area contributed by atoms with Gasteiger partial charge in [0.15, 0.2) is 10.8 Å². The average Bonchev–Trinajstić information content (AvgIpc) is 3.32. The summed E-state index contributed by atoms with van der Waals surface area (Å²) < 4.78 is 22.2. The van der Waals surface area contributed by atoms with Crippen LogP contribution in [0.3, 0.4) is 0 Å². The predicted molar refractivity (Wildman–Crippen MR) is 108 cm³/mol. The van der Waals surface area contributed by atoms with E-state index in [4.69, 9.17) is 18.9 Å². The lowest BCUT2D eigenvalue weighted by Crippen LogP contribution is -2.16. The van der Waals surface area contributed by atoms with Crippen LogP contribution in [-0.4, -0.2) is 31.6 Å². The van der Waals surface area contributed by atoms with Crippen LogP contribution in [0.25, 0.3) is 0 Å². The van der Waals surface area contributed by atoms with Gasteiger partial charge in [0.25, 0.3) is 0 Å². The number of allylic oxidation sites excluding steroid dienone is 1. The van der Waals surface area contributed by atoms with Gasteiger partial charge in [0.05, 0.1) is 31.6 Å². The SMILES string of the molecule is CCOC=C1CCc2c(C(=O)OCC)sc(Oc3ccc4c(c3)OCC4)c2C1=O. The molecule has 152 valence electrons. The van der Waals surface area contributed by atoms with Crippen molar-refractivity contribution >= 4 is 23.1 Å². The molecule has 0 atom stereocenters. The number of thiophene rings is 1. The van der Waals surface area contributed by atoms with E-state index in [1.807, 2.05) is 25.1 Å². The van der Waals surface area contributed by atoms with E-state index in [1.165, 1.54) is 6.26 Å². The van der Waals surface area contributed by atoms with Crippen LogP contribution >= 0.6 is 11.3 Å². The fourth-order valence-corrected chi connectivity index (χ4v) is 4.60. The lowest BCUT2D eigenvalue weighted by molar-refractivity contribution is 0.0531. The first-order valence-electron chi connectivity index (χ1n) is 9.74. The minimum atomic E-state index is -0.425. The first kappa shape index (κ1) is 19.5. The second kappa shape index (κ2) is 8.29. The molecule has 0 saturated carbocycles. The number of carbonyl (C=O) groups excluding carboxylic acids is 2. The second-order valence-corrected chi connectivity index (χ2v) is 7.67. The summed E-state index contributed by atoms with van der Waals surface area (Å²) in [5, 5.41) is 0.396. The molecule has 0 spiro atoms. The molecule has 0 bridgehead atoms. The highest BCUT2D eigenvalue weighted by Crippen LogP contribution is 2.44. The zero-order chi connectivity index (χ0) is 20.4. The van der Waals surface area contributed by atoms with Gasteiger partial charge in [-0.15, -0.1) is 0 Å². The number of Topliss-reactive ketones (excluding diaryl/α,β-unsaturated/α-hetero) is 1. The maximum absolute atomic E-state index is 13.1. The number of rotatable bonds is 6. The lowest BCUT2D eigenvalue weighted by Gasteiger charge is -2.16. The van der Waals surface area contributed by atoms with Gasteiger partial charge in [0.1, 0.15) is 16.4 Å². The Hall–Kier alpha value is -2.80. The van der Waals surface area contributed by atoms with E-state index >= 15 is 0 Å². The average molecular weight is 414 g/mol. The maximum atomic E-state index is 13.1. The van der Waals surface area contributed by atoms with Crippen molar-refractivity contribution < 1.29 is 28.5 Å². The molecule has 29 heavy (non-hydrogen) atoms. The van der Waals surface area contributed by atoms with Gasteiger partial charge in [0, 0.05) is 18.1 Å². The number of hydrogen-bond donors (Lipinski definition) is 0. The molecule has 4 rings (SSSR count). The van der Waals surface area contributed by atoms with E-state index in [9.17, 15) is 9.59 Å². The van der Waals surface area contributed by atoms with Crippen LogP contribution in [0.15, 0.2) is 30.0 Å². The molecule has 1 aromatic heterocycles. The topological polar surface area (TPSA) is 71.1 Å². The predicted octanol–water partition coefficient (Wildman–Crippen LogP) is 4.70. The van der Waals surface area contributed by atoms with Crippen LogP contribution in [0.1, 0.15) is 51.4 Å². The molecule has 0 N–H and O–H groups in total. The van der Waals surface area contributed by atoms with Gasteiger partial charge in [-0.3, -0.25) is 4.79 Å². The third-order valence-corrected chi connectivity index (χ3v) is 5.96. The van der Waals surface area contributed by atoms with Crippen LogP contribution in [-0.2, 0) is 22.3 Å². The minimum absolute atomic E-state index is 0.168. The zero-order valence-corrected chi connectivity index (χ0v) is 17.2. The molecule has 2 heterocycles. The van der Waals surface area contributed by atoms with Crippen LogP contribution in [0.2, 0.25) is 0 Å². The van der Waals surface area contributed by atoms with Gasteiger partial charge >= 0.3 is 5.97 Å². The van der Waals surface area contributed by atoms with Crippen molar-refractivity contribution in [2.45, 2.75) is 33.1 Å². The van der Waals surface area contributed by atoms with Gasteiger partial charge in [-0.1, -0.05) is 17.4 Å². The maximum Gasteiger partial charge on any atom is 0.348 e. The quantitative estimate of drug-likeness (QED) is 0.388. The van der Waals surface area contributed by atoms with E-state index in [0.29, 0.717) is 58.4 Å². The zero-order valence-electron chi connectivity index (χ0n) is 16.4. The van der Waals surface area contributed by atoms with Gasteiger partial charge in [-0.25, -0.2) is 4.79 Å². The van der Waals surface area contributed by atoms with Crippen LogP contribution in [0.4, 0.5) is 0 Å². The molecule has 1 aromatic carbocycles. The number of fused-ring (bicyclic) bond motifs is 2. The van der Waals surface area contributed by atoms with E-state index in [-0.39, 0.29) is 12.4 Å². The largest absolute Gasteiger partial charge is 0.501 e. The number of ketones is 1. The van der Waals surface area contributed by atoms with Crippen molar-refractivity contribution in [1.29, 1.82) is 0 Å². The Morgan fingerprint density at radius 2 is 2.07 bits per heavy atom. The fraction of sp³-hybridized carbons (Fsp3) is 0.364. The summed E-state index contributed by atoms with van der Waals surface area (Å²) in [6.07, 6.45) is 3.46. The highest BCUT2D eigenvalue weighted by molar-refractivity contribution is 7.16. The number of benzene rings is 1. The van der Waals surface area contributed by atoms with Crippen molar-refractivity contribution in [1.82, 2.24) is 0 Å². The first-order valence-corrected chi connectivity index (χ1v) is 10.6. The summed E-state index contributed by atoms with van der Waals surface area (Å²) in [6.45, 7) is 5.04. The number of hydrogen-bond acceptors (Lipinski definition) is 7. The monoisotopic (exact) mass is 414 g/mol. The molecule has 1 aliphatic carbocycles. The molecule has 0 radical (unpaired) electrons. The standard InChI is InChI=1S/C22H22O6S/c1-3-25-12-14-6-8-16-18(19(14)23)22(29-20(16)21(24)26-4-2)28-15-7-5-13-9-10-27-17(13)11-15/h5,7,11-12H,3-4,6,8-10H2,1-2H3. The Morgan fingerprint density at radius 3 is 2.86 bits per heavy atom. The highest BCUT2D eigenvalue weighted by atomic mass is 32.1. The summed E-state index contributed by atoms with van der Waals surface area (Å²) in [5.41, 5.74) is 2.83. The first-order chi connectivity index (χ1) is 14.1. The summed E-state index contributed by atoms with van der Waals surface area (Å²) in [5.74, 6) is 0.769. The Morgan fingerprint density at radius 1 is 1.21 bits per heavy atom. The van der Waals surface area contributed by atoms with Crippen molar-refractivity contribution in [3.05, 3.63) is 51.6 Å². The van der Waals surface area contributed by atoms with Crippen molar-refractivity contribution in [3.63, 3.8) is 0 Å². The molecule has 2 aliphatic rings. The highest BCUT2D eigenvalue weighted by Gasteiger charge is 2.34. The molecule has 1 aliphatic heterocycles. The van der Waals surface area contributed by atoms with E-state index in [2.05, 4.69) is 0 Å². The summed E-state index contributed by atoms with van der Waals surface area (Å²) in [6, 6.07) is 5.64. The van der Waals surface area contributed by atoms with Crippen LogP contribution in [0, 0.1) is 0 Å². The molecule has 0 unspecified atom stereocenters. The summed E-state index contributed by atoms with van der Waals surface area (Å²) in [7, 11) is 0. The van der Waals surface area contributed by atoms with Crippen molar-refractivity contribution in [3.8, 4) is 16.6 Å². The molecule has 0 amide bonds. The molecule has 7 heteroatoms. The third-order valence-electron chi connectivity index (χ3n) is 4.87. The summed E-state index contributed by atoms with van der Waals surface area (Å²) in [4.78, 5) is 26.0. The molecule has 0 saturated heterocycles. The minimum Gasteiger partial charge on any atom is -0.501 e. The van der Waals surface area contributed by atoms with Gasteiger partial charge in [0.2, 0.25) is 0 Å². The Balaban J connectivity index is 1.73. The number of esters is 1. The fourth-order valence-electron chi connectivity index (χ4n) is 3.49. The summed E-state index contributed by atoms with van der Waals surface area (Å²) >= 11 is 1.15. The van der Waals surface area contributed by atoms with E-state index in [1.54, 1.807) is 6.92 Å². The normalized spacial score (nSPS) is 16.2. The molecule has 2 aromatic rings. The van der Waals surface area contributed by atoms with Crippen molar-refractivity contribution in [2.75, 3.05) is 19.8 Å². The smallest absolute Gasteiger partial charge is 0.348 e. The molecular weight excluding hydrogens is 392 g/mol. The van der Waals surface area contributed by atoms with Crippen LogP contribution < -0.4 is 9.47 Å². The van der Waals surface area contributed by atoms with Gasteiger partial charge in [-0.05, 0) is 43.9 Å². The molecule has 0 fully saturated rings. The van der Waals surface area contributed by atoms with E-state index < -0.39 is 5.97 Å². The second-order valence-electron chi connectivity index (χ2n) is 6.69. The van der Waals surface area contributed by atoms with Gasteiger partial charge < -0.3 is 18.9 Å². The Bertz CT molecular complexity index is 987. The molecular formula is C22H22O6S. The van der Waals surface area contributed by atoms with Gasteiger partial charge in [-0.2, -0.15) is 0 Å². The van der Waals surface area contributed by atoms with Crippen LogP contribution in [0.5, 0.6) is 16.6 Å². The lowest BCUT2D eigenvalue weighted by atomic mass is 9.88. The van der Waals surface area contributed by atoms with Crippen molar-refractivity contribution in [2.24, 2.45) is 0 Å². The third kappa shape index (κ3) is 3.74. The Labute approximate surface area is 173 Å². The number of ether oxygens (including phenoxy) is 4. The Kier molecular flexibility index (Phi) is 5.58. The molecule has 6 nitrogen and oxygen atoms in total.